The molecule has 1 aromatic rings. The van der Waals surface area contributed by atoms with Crippen LogP contribution in [0.4, 0.5) is 5.69 Å². The summed E-state index contributed by atoms with van der Waals surface area (Å²) in [6, 6.07) is 1.83. The molecule has 15 heavy (non-hydrogen) atoms. The van der Waals surface area contributed by atoms with Crippen LogP contribution in [0, 0.1) is 0 Å². The first kappa shape index (κ1) is 11.3. The number of rotatable bonds is 3. The van der Waals surface area contributed by atoms with Crippen molar-refractivity contribution in [2.75, 3.05) is 12.4 Å². The van der Waals surface area contributed by atoms with Crippen molar-refractivity contribution < 1.29 is 0 Å². The van der Waals surface area contributed by atoms with E-state index in [4.69, 9.17) is 0 Å². The second-order valence-corrected chi connectivity index (χ2v) is 3.22. The van der Waals surface area contributed by atoms with Gasteiger partial charge >= 0.3 is 0 Å². The summed E-state index contributed by atoms with van der Waals surface area (Å²) in [6.07, 6.45) is 5.58. The molecule has 0 atom stereocenters. The minimum atomic E-state index is -0.0411. The van der Waals surface area contributed by atoms with Gasteiger partial charge < -0.3 is 9.88 Å². The molecule has 0 aliphatic rings. The van der Waals surface area contributed by atoms with E-state index >= 15 is 0 Å². The maximum absolute atomic E-state index is 11.8. The molecule has 3 heteroatoms. The number of aromatic nitrogens is 1. The molecule has 1 aromatic heterocycles. The average Bonchev–Trinajstić information content (AvgIpc) is 2.24. The molecule has 0 spiro atoms. The van der Waals surface area contributed by atoms with E-state index in [0.717, 1.165) is 11.3 Å². The Labute approximate surface area is 89.7 Å². The molecule has 0 unspecified atom stereocenters. The Kier molecular flexibility index (Phi) is 3.50. The fraction of sp³-hybridized carbons (Fsp3) is 0.250. The molecule has 0 bridgehead atoms. The van der Waals surface area contributed by atoms with Crippen LogP contribution >= 0.6 is 0 Å². The van der Waals surface area contributed by atoms with Gasteiger partial charge in [0.25, 0.3) is 5.56 Å². The van der Waals surface area contributed by atoms with Crippen molar-refractivity contribution in [1.82, 2.24) is 4.57 Å². The quantitative estimate of drug-likeness (QED) is 0.818. The van der Waals surface area contributed by atoms with Gasteiger partial charge in [0.05, 0.1) is 5.69 Å². The van der Waals surface area contributed by atoms with E-state index in [1.807, 2.05) is 25.1 Å². The summed E-state index contributed by atoms with van der Waals surface area (Å²) in [5.41, 5.74) is 2.37. The van der Waals surface area contributed by atoms with E-state index in [1.54, 1.807) is 24.7 Å². The smallest absolute Gasteiger partial charge is 0.274 e. The second kappa shape index (κ2) is 4.64. The summed E-state index contributed by atoms with van der Waals surface area (Å²) in [5, 5.41) is 2.88. The molecule has 1 N–H and O–H groups in total. The maximum Gasteiger partial charge on any atom is 0.274 e. The highest BCUT2D eigenvalue weighted by Gasteiger charge is 2.06. The predicted molar refractivity (Wildman–Crippen MR) is 66.0 cm³/mol. The van der Waals surface area contributed by atoms with Crippen molar-refractivity contribution in [3.8, 4) is 0 Å². The fourth-order valence-corrected chi connectivity index (χ4v) is 1.52. The van der Waals surface area contributed by atoms with E-state index in [0.29, 0.717) is 5.69 Å². The van der Waals surface area contributed by atoms with E-state index in [9.17, 15) is 4.79 Å². The minimum Gasteiger partial charge on any atom is -0.384 e. The molecule has 0 radical (unpaired) electrons. The molecule has 80 valence electrons. The molecule has 0 aromatic carbocycles. The maximum atomic E-state index is 11.8. The lowest BCUT2D eigenvalue weighted by Gasteiger charge is -2.10. The molecule has 3 nitrogen and oxygen atoms in total. The van der Waals surface area contributed by atoms with E-state index in [-0.39, 0.29) is 5.56 Å². The Hall–Kier alpha value is -1.77. The number of hydrogen-bond acceptors (Lipinski definition) is 2. The summed E-state index contributed by atoms with van der Waals surface area (Å²) >= 11 is 0. The normalized spacial score (nSPS) is 10.6. The molecule has 0 saturated carbocycles. The van der Waals surface area contributed by atoms with Crippen LogP contribution in [-0.4, -0.2) is 11.6 Å². The Morgan fingerprint density at radius 2 is 2.20 bits per heavy atom. The van der Waals surface area contributed by atoms with Gasteiger partial charge in [0, 0.05) is 19.7 Å². The SMILES string of the molecule is C=Cc1c(/C=C\C)cc(NC)c(=O)n1C. The molecule has 0 fully saturated rings. The number of pyridine rings is 1. The van der Waals surface area contributed by atoms with Crippen molar-refractivity contribution in [2.24, 2.45) is 7.05 Å². The second-order valence-electron chi connectivity index (χ2n) is 3.22. The summed E-state index contributed by atoms with van der Waals surface area (Å²) < 4.78 is 1.59. The van der Waals surface area contributed by atoms with Crippen molar-refractivity contribution in [1.29, 1.82) is 0 Å². The van der Waals surface area contributed by atoms with Crippen LogP contribution in [0.25, 0.3) is 12.2 Å². The first-order valence-corrected chi connectivity index (χ1v) is 4.82. The molecule has 0 saturated heterocycles. The largest absolute Gasteiger partial charge is 0.384 e. The number of hydrogen-bond donors (Lipinski definition) is 1. The Morgan fingerprint density at radius 3 is 2.67 bits per heavy atom. The lowest BCUT2D eigenvalue weighted by molar-refractivity contribution is 0.848. The van der Waals surface area contributed by atoms with Gasteiger partial charge in [-0.2, -0.15) is 0 Å². The zero-order valence-corrected chi connectivity index (χ0v) is 9.37. The summed E-state index contributed by atoms with van der Waals surface area (Å²) in [5.74, 6) is 0. The molecule has 1 rings (SSSR count). The standard InChI is InChI=1S/C12H16N2O/c1-5-7-9-8-10(13-3)12(15)14(4)11(9)6-2/h5-8,13H,2H2,1,3-4H3/b7-5-. The van der Waals surface area contributed by atoms with Crippen LogP contribution in [-0.2, 0) is 7.05 Å². The van der Waals surface area contributed by atoms with Gasteiger partial charge in [0.2, 0.25) is 0 Å². The van der Waals surface area contributed by atoms with Crippen molar-refractivity contribution in [3.05, 3.63) is 40.3 Å². The third kappa shape index (κ3) is 2.01. The van der Waals surface area contributed by atoms with Crippen LogP contribution in [0.5, 0.6) is 0 Å². The van der Waals surface area contributed by atoms with Crippen molar-refractivity contribution in [2.45, 2.75) is 6.92 Å². The molecule has 1 heterocycles. The predicted octanol–water partition coefficient (Wildman–Crippen LogP) is 2.10. The van der Waals surface area contributed by atoms with Crippen LogP contribution in [0.15, 0.2) is 23.5 Å². The van der Waals surface area contributed by atoms with Gasteiger partial charge in [0.1, 0.15) is 5.69 Å². The summed E-state index contributed by atoms with van der Waals surface area (Å²) in [4.78, 5) is 11.8. The van der Waals surface area contributed by atoms with Gasteiger partial charge in [-0.15, -0.1) is 0 Å². The van der Waals surface area contributed by atoms with Gasteiger partial charge in [-0.05, 0) is 19.1 Å². The zero-order chi connectivity index (χ0) is 11.4. The zero-order valence-electron chi connectivity index (χ0n) is 9.37. The summed E-state index contributed by atoms with van der Waals surface area (Å²) in [6.45, 7) is 5.66. The van der Waals surface area contributed by atoms with Crippen LogP contribution in [0.2, 0.25) is 0 Å². The Balaban J connectivity index is 3.58. The van der Waals surface area contributed by atoms with Crippen LogP contribution in [0.3, 0.4) is 0 Å². The topological polar surface area (TPSA) is 34.0 Å². The Morgan fingerprint density at radius 1 is 1.53 bits per heavy atom. The first-order chi connectivity index (χ1) is 7.15. The van der Waals surface area contributed by atoms with E-state index in [2.05, 4.69) is 11.9 Å². The highest BCUT2D eigenvalue weighted by atomic mass is 16.1. The monoisotopic (exact) mass is 204 g/mol. The summed E-state index contributed by atoms with van der Waals surface area (Å²) in [7, 11) is 3.48. The van der Waals surface area contributed by atoms with Crippen LogP contribution in [0.1, 0.15) is 18.2 Å². The molecule has 0 aliphatic carbocycles. The van der Waals surface area contributed by atoms with Gasteiger partial charge in [0.15, 0.2) is 0 Å². The lowest BCUT2D eigenvalue weighted by Crippen LogP contribution is -2.22. The third-order valence-electron chi connectivity index (χ3n) is 2.30. The van der Waals surface area contributed by atoms with Gasteiger partial charge in [-0.25, -0.2) is 0 Å². The highest BCUT2D eigenvalue weighted by Crippen LogP contribution is 2.14. The Bertz CT molecular complexity index is 455. The molecular weight excluding hydrogens is 188 g/mol. The number of nitrogens with one attached hydrogen (secondary N) is 1. The fourth-order valence-electron chi connectivity index (χ4n) is 1.52. The first-order valence-electron chi connectivity index (χ1n) is 4.82. The minimum absolute atomic E-state index is 0.0411. The third-order valence-corrected chi connectivity index (χ3v) is 2.30. The van der Waals surface area contributed by atoms with E-state index in [1.165, 1.54) is 0 Å². The van der Waals surface area contributed by atoms with Crippen molar-refractivity contribution >= 4 is 17.8 Å². The van der Waals surface area contributed by atoms with Gasteiger partial charge in [-0.1, -0.05) is 18.7 Å². The average molecular weight is 204 g/mol. The van der Waals surface area contributed by atoms with Crippen molar-refractivity contribution in [3.63, 3.8) is 0 Å². The van der Waals surface area contributed by atoms with Crippen LogP contribution < -0.4 is 10.9 Å². The lowest BCUT2D eigenvalue weighted by atomic mass is 10.1. The molecule has 0 aliphatic heterocycles. The number of allylic oxidation sites excluding steroid dienone is 1. The number of nitrogens with zero attached hydrogens (tertiary/aromatic N) is 1. The highest BCUT2D eigenvalue weighted by molar-refractivity contribution is 5.65. The molecule has 0 amide bonds. The molecular formula is C12H16N2O. The van der Waals surface area contributed by atoms with E-state index < -0.39 is 0 Å². The van der Waals surface area contributed by atoms with Gasteiger partial charge in [-0.3, -0.25) is 4.79 Å². The number of anilines is 1.